The highest BCUT2D eigenvalue weighted by Gasteiger charge is 2.33. The maximum Gasteiger partial charge on any atom is 0.257 e. The number of rotatable bonds is 3. The Kier molecular flexibility index (Phi) is 3.45. The third kappa shape index (κ3) is 2.06. The molecular formula is C13H18N2O2. The van der Waals surface area contributed by atoms with Gasteiger partial charge in [0, 0.05) is 25.4 Å². The standard InChI is InChI=1S/C13H18N2O2/c1-9-7-10-5-3-4-6-11(10)15(9)13(16)12(8-14)17-2/h3-6,9,12H,7-8,14H2,1-2H3. The first-order valence-corrected chi connectivity index (χ1v) is 5.83. The zero-order valence-corrected chi connectivity index (χ0v) is 10.2. The summed E-state index contributed by atoms with van der Waals surface area (Å²) in [6, 6.07) is 8.14. The van der Waals surface area contributed by atoms with Crippen LogP contribution < -0.4 is 10.6 Å². The lowest BCUT2D eigenvalue weighted by Crippen LogP contribution is -2.46. The summed E-state index contributed by atoms with van der Waals surface area (Å²) >= 11 is 0. The van der Waals surface area contributed by atoms with Crippen LogP contribution in [0.3, 0.4) is 0 Å². The van der Waals surface area contributed by atoms with Crippen molar-refractivity contribution in [2.45, 2.75) is 25.5 Å². The second-order valence-corrected chi connectivity index (χ2v) is 4.35. The topological polar surface area (TPSA) is 55.6 Å². The third-order valence-corrected chi connectivity index (χ3v) is 3.22. The van der Waals surface area contributed by atoms with E-state index in [-0.39, 0.29) is 18.5 Å². The average molecular weight is 234 g/mol. The number of hydrogen-bond donors (Lipinski definition) is 1. The summed E-state index contributed by atoms with van der Waals surface area (Å²) in [4.78, 5) is 14.1. The highest BCUT2D eigenvalue weighted by atomic mass is 16.5. The van der Waals surface area contributed by atoms with Crippen molar-refractivity contribution in [3.8, 4) is 0 Å². The lowest BCUT2D eigenvalue weighted by Gasteiger charge is -2.26. The van der Waals surface area contributed by atoms with Crippen molar-refractivity contribution in [2.75, 3.05) is 18.6 Å². The van der Waals surface area contributed by atoms with Crippen LogP contribution in [0.25, 0.3) is 0 Å². The molecular weight excluding hydrogens is 216 g/mol. The number of ether oxygens (including phenoxy) is 1. The van der Waals surface area contributed by atoms with Crippen molar-refractivity contribution >= 4 is 11.6 Å². The SMILES string of the molecule is COC(CN)C(=O)N1c2ccccc2CC1C. The molecule has 0 bridgehead atoms. The molecule has 0 saturated carbocycles. The molecule has 0 saturated heterocycles. The fraction of sp³-hybridized carbons (Fsp3) is 0.462. The van der Waals surface area contributed by atoms with Crippen LogP contribution in [0.4, 0.5) is 5.69 Å². The molecule has 0 fully saturated rings. The Morgan fingerprint density at radius 2 is 2.29 bits per heavy atom. The Hall–Kier alpha value is -1.39. The minimum Gasteiger partial charge on any atom is -0.370 e. The predicted octanol–water partition coefficient (Wildman–Crippen LogP) is 0.938. The van der Waals surface area contributed by atoms with E-state index in [0.717, 1.165) is 12.1 Å². The van der Waals surface area contributed by atoms with E-state index in [9.17, 15) is 4.79 Å². The van der Waals surface area contributed by atoms with E-state index >= 15 is 0 Å². The monoisotopic (exact) mass is 234 g/mol. The van der Waals surface area contributed by atoms with E-state index in [2.05, 4.69) is 6.07 Å². The fourth-order valence-corrected chi connectivity index (χ4v) is 2.35. The molecule has 0 aliphatic carbocycles. The number of nitrogens with zero attached hydrogens (tertiary/aromatic N) is 1. The zero-order valence-electron chi connectivity index (χ0n) is 10.2. The number of carbonyl (C=O) groups excluding carboxylic acids is 1. The van der Waals surface area contributed by atoms with Gasteiger partial charge in [-0.05, 0) is 25.0 Å². The van der Waals surface area contributed by atoms with Crippen LogP contribution >= 0.6 is 0 Å². The zero-order chi connectivity index (χ0) is 12.4. The first-order chi connectivity index (χ1) is 8.19. The molecule has 4 heteroatoms. The molecule has 0 radical (unpaired) electrons. The molecule has 2 unspecified atom stereocenters. The van der Waals surface area contributed by atoms with Gasteiger partial charge >= 0.3 is 0 Å². The van der Waals surface area contributed by atoms with Crippen molar-refractivity contribution in [1.29, 1.82) is 0 Å². The largest absolute Gasteiger partial charge is 0.370 e. The third-order valence-electron chi connectivity index (χ3n) is 3.22. The van der Waals surface area contributed by atoms with E-state index in [1.165, 1.54) is 12.7 Å². The highest BCUT2D eigenvalue weighted by Crippen LogP contribution is 2.32. The van der Waals surface area contributed by atoms with Gasteiger partial charge in [-0.2, -0.15) is 0 Å². The van der Waals surface area contributed by atoms with Crippen LogP contribution in [0.1, 0.15) is 12.5 Å². The Morgan fingerprint density at radius 3 is 2.94 bits per heavy atom. The van der Waals surface area contributed by atoms with Crippen LogP contribution in [0.5, 0.6) is 0 Å². The van der Waals surface area contributed by atoms with E-state index < -0.39 is 6.10 Å². The summed E-state index contributed by atoms with van der Waals surface area (Å²) in [6.07, 6.45) is 0.340. The van der Waals surface area contributed by atoms with Crippen molar-refractivity contribution in [2.24, 2.45) is 5.73 Å². The molecule has 2 rings (SSSR count). The summed E-state index contributed by atoms with van der Waals surface area (Å²) in [5.41, 5.74) is 7.74. The molecule has 2 atom stereocenters. The minimum atomic E-state index is -0.552. The maximum absolute atomic E-state index is 12.3. The Morgan fingerprint density at radius 1 is 1.59 bits per heavy atom. The second-order valence-electron chi connectivity index (χ2n) is 4.35. The van der Waals surface area contributed by atoms with Crippen LogP contribution in [0.15, 0.2) is 24.3 Å². The Labute approximate surface area is 101 Å². The first-order valence-electron chi connectivity index (χ1n) is 5.83. The molecule has 2 N–H and O–H groups in total. The quantitative estimate of drug-likeness (QED) is 0.846. The van der Waals surface area contributed by atoms with Gasteiger partial charge in [-0.15, -0.1) is 0 Å². The summed E-state index contributed by atoms with van der Waals surface area (Å²) in [7, 11) is 1.52. The highest BCUT2D eigenvalue weighted by molar-refractivity contribution is 5.99. The molecule has 4 nitrogen and oxygen atoms in total. The first kappa shape index (κ1) is 12.1. The molecule has 0 spiro atoms. The second kappa shape index (κ2) is 4.85. The van der Waals surface area contributed by atoms with E-state index in [4.69, 9.17) is 10.5 Å². The molecule has 1 aliphatic heterocycles. The number of carbonyl (C=O) groups is 1. The van der Waals surface area contributed by atoms with E-state index in [1.54, 1.807) is 4.90 Å². The van der Waals surface area contributed by atoms with Gasteiger partial charge in [0.1, 0.15) is 6.10 Å². The molecule has 92 valence electrons. The molecule has 17 heavy (non-hydrogen) atoms. The fourth-order valence-electron chi connectivity index (χ4n) is 2.35. The number of para-hydroxylation sites is 1. The van der Waals surface area contributed by atoms with Gasteiger partial charge in [0.05, 0.1) is 0 Å². The number of hydrogen-bond acceptors (Lipinski definition) is 3. The predicted molar refractivity (Wildman–Crippen MR) is 66.9 cm³/mol. The lowest BCUT2D eigenvalue weighted by molar-refractivity contribution is -0.128. The summed E-state index contributed by atoms with van der Waals surface area (Å²) in [5, 5.41) is 0. The molecule has 1 aromatic rings. The van der Waals surface area contributed by atoms with Gasteiger partial charge in [-0.3, -0.25) is 4.79 Å². The van der Waals surface area contributed by atoms with Crippen molar-refractivity contribution in [3.63, 3.8) is 0 Å². The molecule has 1 amide bonds. The normalized spacial score (nSPS) is 20.2. The van der Waals surface area contributed by atoms with Crippen LogP contribution in [-0.4, -0.2) is 31.7 Å². The van der Waals surface area contributed by atoms with Crippen molar-refractivity contribution in [1.82, 2.24) is 0 Å². The Balaban J connectivity index is 2.30. The van der Waals surface area contributed by atoms with Crippen molar-refractivity contribution in [3.05, 3.63) is 29.8 Å². The van der Waals surface area contributed by atoms with Crippen LogP contribution in [-0.2, 0) is 16.0 Å². The van der Waals surface area contributed by atoms with Gasteiger partial charge < -0.3 is 15.4 Å². The minimum absolute atomic E-state index is 0.0487. The molecule has 1 aliphatic rings. The number of amides is 1. The average Bonchev–Trinajstić information content (AvgIpc) is 2.66. The summed E-state index contributed by atoms with van der Waals surface area (Å²) < 4.78 is 5.12. The summed E-state index contributed by atoms with van der Waals surface area (Å²) in [6.45, 7) is 2.25. The van der Waals surface area contributed by atoms with Gasteiger partial charge in [0.2, 0.25) is 0 Å². The lowest BCUT2D eigenvalue weighted by atomic mass is 10.1. The number of methoxy groups -OCH3 is 1. The van der Waals surface area contributed by atoms with Crippen LogP contribution in [0.2, 0.25) is 0 Å². The van der Waals surface area contributed by atoms with Gasteiger partial charge in [-0.25, -0.2) is 0 Å². The molecule has 0 aromatic heterocycles. The van der Waals surface area contributed by atoms with Gasteiger partial charge in [0.15, 0.2) is 0 Å². The van der Waals surface area contributed by atoms with Gasteiger partial charge in [-0.1, -0.05) is 18.2 Å². The van der Waals surface area contributed by atoms with Crippen molar-refractivity contribution < 1.29 is 9.53 Å². The molecule has 1 aromatic carbocycles. The number of nitrogens with two attached hydrogens (primary N) is 1. The number of fused-ring (bicyclic) bond motifs is 1. The number of anilines is 1. The maximum atomic E-state index is 12.3. The van der Waals surface area contributed by atoms with Crippen LogP contribution in [0, 0.1) is 0 Å². The van der Waals surface area contributed by atoms with E-state index in [1.807, 2.05) is 25.1 Å². The summed E-state index contributed by atoms with van der Waals surface area (Å²) in [5.74, 6) is -0.0487. The van der Waals surface area contributed by atoms with Gasteiger partial charge in [0.25, 0.3) is 5.91 Å². The smallest absolute Gasteiger partial charge is 0.257 e. The number of benzene rings is 1. The van der Waals surface area contributed by atoms with E-state index in [0.29, 0.717) is 0 Å². The molecule has 1 heterocycles. The Bertz CT molecular complexity index is 416.